The fourth-order valence-corrected chi connectivity index (χ4v) is 4.67. The van der Waals surface area contributed by atoms with Gasteiger partial charge in [0.1, 0.15) is 5.82 Å². The normalized spacial score (nSPS) is 17.2. The molecule has 1 aromatic carbocycles. The third-order valence-corrected chi connectivity index (χ3v) is 6.61. The van der Waals surface area contributed by atoms with Crippen LogP contribution in [0.3, 0.4) is 0 Å². The molecule has 4 rings (SSSR count). The van der Waals surface area contributed by atoms with E-state index in [0.29, 0.717) is 18.5 Å². The van der Waals surface area contributed by atoms with E-state index in [1.807, 2.05) is 0 Å². The number of hydrogen-bond acceptors (Lipinski definition) is 8. The maximum atomic E-state index is 13.3. The standard InChI is InChI=1S/C18H17F3N6O3S/c19-13-4-2-11(3-5-13)14(10-27-6-1-7-31(27,28)29)24-18-22-8-12(9-23-18)16-25-26-17(30-16)15(20)21/h2-5,8-9,14-15H,1,6-7,10H2,(H,22,23,24)/t14-/m0/s1. The van der Waals surface area contributed by atoms with Gasteiger partial charge < -0.3 is 9.73 Å². The Kier molecular flexibility index (Phi) is 5.87. The second-order valence-electron chi connectivity index (χ2n) is 6.82. The van der Waals surface area contributed by atoms with Crippen molar-refractivity contribution in [1.29, 1.82) is 0 Å². The Bertz CT molecular complexity index is 1140. The molecular formula is C18H17F3N6O3S. The SMILES string of the molecule is O=S1(=O)CCCN1C[C@H](Nc1ncc(-c2nnc(C(F)F)o2)cn1)c1ccc(F)cc1. The topological polar surface area (TPSA) is 114 Å². The Labute approximate surface area is 175 Å². The monoisotopic (exact) mass is 454 g/mol. The molecule has 1 aliphatic rings. The Morgan fingerprint density at radius 3 is 2.42 bits per heavy atom. The molecule has 1 fully saturated rings. The summed E-state index contributed by atoms with van der Waals surface area (Å²) in [6.07, 6.45) is 0.272. The summed E-state index contributed by atoms with van der Waals surface area (Å²) >= 11 is 0. The average Bonchev–Trinajstić information content (AvgIpc) is 3.36. The largest absolute Gasteiger partial charge is 0.415 e. The Balaban J connectivity index is 1.55. The molecule has 3 heterocycles. The second kappa shape index (κ2) is 8.59. The first-order valence-corrected chi connectivity index (χ1v) is 10.9. The molecule has 0 unspecified atom stereocenters. The first kappa shape index (κ1) is 21.2. The quantitative estimate of drug-likeness (QED) is 0.580. The van der Waals surface area contributed by atoms with Gasteiger partial charge in [-0.2, -0.15) is 13.1 Å². The van der Waals surface area contributed by atoms with Gasteiger partial charge >= 0.3 is 6.43 Å². The van der Waals surface area contributed by atoms with Crippen LogP contribution in [-0.2, 0) is 10.0 Å². The maximum Gasteiger partial charge on any atom is 0.314 e. The van der Waals surface area contributed by atoms with E-state index < -0.39 is 34.2 Å². The highest BCUT2D eigenvalue weighted by Gasteiger charge is 2.31. The minimum Gasteiger partial charge on any atom is -0.415 e. The van der Waals surface area contributed by atoms with Crippen LogP contribution >= 0.6 is 0 Å². The predicted molar refractivity (Wildman–Crippen MR) is 103 cm³/mol. The number of nitrogens with one attached hydrogen (secondary N) is 1. The molecule has 3 aromatic rings. The summed E-state index contributed by atoms with van der Waals surface area (Å²) in [4.78, 5) is 8.25. The lowest BCUT2D eigenvalue weighted by Crippen LogP contribution is -2.33. The zero-order valence-corrected chi connectivity index (χ0v) is 16.8. The van der Waals surface area contributed by atoms with E-state index in [9.17, 15) is 21.6 Å². The minimum absolute atomic E-state index is 0.0825. The summed E-state index contributed by atoms with van der Waals surface area (Å²) in [5.41, 5.74) is 0.889. The lowest BCUT2D eigenvalue weighted by molar-refractivity contribution is 0.116. The zero-order chi connectivity index (χ0) is 22.0. The van der Waals surface area contributed by atoms with Crippen molar-refractivity contribution in [2.45, 2.75) is 18.9 Å². The van der Waals surface area contributed by atoms with Crippen molar-refractivity contribution >= 4 is 16.0 Å². The van der Waals surface area contributed by atoms with Crippen molar-refractivity contribution in [2.24, 2.45) is 0 Å². The van der Waals surface area contributed by atoms with Crippen molar-refractivity contribution in [3.63, 3.8) is 0 Å². The molecule has 0 aliphatic carbocycles. The highest BCUT2D eigenvalue weighted by atomic mass is 32.2. The molecule has 31 heavy (non-hydrogen) atoms. The average molecular weight is 454 g/mol. The molecule has 0 bridgehead atoms. The third-order valence-electron chi connectivity index (χ3n) is 4.69. The number of rotatable bonds is 7. The van der Waals surface area contributed by atoms with Crippen LogP contribution in [0.1, 0.15) is 30.3 Å². The number of anilines is 1. The molecule has 9 nitrogen and oxygen atoms in total. The molecule has 0 radical (unpaired) electrons. The molecule has 164 valence electrons. The predicted octanol–water partition coefficient (Wildman–Crippen LogP) is 2.79. The van der Waals surface area contributed by atoms with Gasteiger partial charge in [0.05, 0.1) is 17.4 Å². The molecule has 1 N–H and O–H groups in total. The molecule has 2 aromatic heterocycles. The number of alkyl halides is 2. The molecule has 0 spiro atoms. The van der Waals surface area contributed by atoms with Gasteiger partial charge in [0.25, 0.3) is 11.8 Å². The van der Waals surface area contributed by atoms with Crippen molar-refractivity contribution in [2.75, 3.05) is 24.2 Å². The maximum absolute atomic E-state index is 13.3. The Hall–Kier alpha value is -3.06. The van der Waals surface area contributed by atoms with E-state index in [4.69, 9.17) is 4.42 Å². The fourth-order valence-electron chi connectivity index (χ4n) is 3.14. The van der Waals surface area contributed by atoms with E-state index in [1.54, 1.807) is 12.1 Å². The van der Waals surface area contributed by atoms with E-state index in [1.165, 1.54) is 28.8 Å². The number of benzene rings is 1. The molecular weight excluding hydrogens is 437 g/mol. The van der Waals surface area contributed by atoms with Gasteiger partial charge in [0.15, 0.2) is 0 Å². The van der Waals surface area contributed by atoms with Crippen LogP contribution in [-0.4, -0.2) is 51.7 Å². The van der Waals surface area contributed by atoms with Gasteiger partial charge in [0, 0.05) is 25.5 Å². The van der Waals surface area contributed by atoms with Crippen LogP contribution in [0.4, 0.5) is 19.1 Å². The Morgan fingerprint density at radius 2 is 1.84 bits per heavy atom. The number of halogens is 3. The zero-order valence-electron chi connectivity index (χ0n) is 16.0. The van der Waals surface area contributed by atoms with Gasteiger partial charge in [-0.1, -0.05) is 12.1 Å². The smallest absolute Gasteiger partial charge is 0.314 e. The summed E-state index contributed by atoms with van der Waals surface area (Å²) in [6, 6.07) is 5.11. The van der Waals surface area contributed by atoms with Crippen LogP contribution in [0.2, 0.25) is 0 Å². The van der Waals surface area contributed by atoms with Crippen LogP contribution < -0.4 is 5.32 Å². The lowest BCUT2D eigenvalue weighted by Gasteiger charge is -2.24. The first-order chi connectivity index (χ1) is 14.8. The number of hydrogen-bond donors (Lipinski definition) is 1. The van der Waals surface area contributed by atoms with E-state index in [0.717, 1.165) is 0 Å². The summed E-state index contributed by atoms with van der Waals surface area (Å²) < 4.78 is 69.2. The summed E-state index contributed by atoms with van der Waals surface area (Å²) in [5, 5.41) is 9.83. The van der Waals surface area contributed by atoms with E-state index >= 15 is 0 Å². The molecule has 1 atom stereocenters. The van der Waals surface area contributed by atoms with Crippen LogP contribution in [0.5, 0.6) is 0 Å². The molecule has 1 saturated heterocycles. The van der Waals surface area contributed by atoms with Crippen LogP contribution in [0.15, 0.2) is 41.1 Å². The van der Waals surface area contributed by atoms with Gasteiger partial charge in [-0.25, -0.2) is 22.8 Å². The number of sulfonamides is 1. The van der Waals surface area contributed by atoms with Gasteiger partial charge in [-0.15, -0.1) is 10.2 Å². The molecule has 0 amide bonds. The van der Waals surface area contributed by atoms with Crippen molar-refractivity contribution in [3.05, 3.63) is 53.9 Å². The van der Waals surface area contributed by atoms with E-state index in [-0.39, 0.29) is 29.7 Å². The summed E-state index contributed by atoms with van der Waals surface area (Å²) in [7, 11) is -3.35. The van der Waals surface area contributed by atoms with Gasteiger partial charge in [0.2, 0.25) is 16.0 Å². The van der Waals surface area contributed by atoms with Crippen molar-refractivity contribution < 1.29 is 26.0 Å². The van der Waals surface area contributed by atoms with E-state index in [2.05, 4.69) is 25.5 Å². The third kappa shape index (κ3) is 4.82. The lowest BCUT2D eigenvalue weighted by atomic mass is 10.1. The second-order valence-corrected chi connectivity index (χ2v) is 8.91. The number of aromatic nitrogens is 4. The first-order valence-electron chi connectivity index (χ1n) is 9.25. The fraction of sp³-hybridized carbons (Fsp3) is 0.333. The van der Waals surface area contributed by atoms with Gasteiger partial charge in [-0.3, -0.25) is 0 Å². The van der Waals surface area contributed by atoms with Crippen molar-refractivity contribution in [3.8, 4) is 11.5 Å². The molecule has 0 saturated carbocycles. The van der Waals surface area contributed by atoms with Gasteiger partial charge in [-0.05, 0) is 24.1 Å². The Morgan fingerprint density at radius 1 is 1.13 bits per heavy atom. The highest BCUT2D eigenvalue weighted by molar-refractivity contribution is 7.89. The van der Waals surface area contributed by atoms with Crippen LogP contribution in [0.25, 0.3) is 11.5 Å². The summed E-state index contributed by atoms with van der Waals surface area (Å²) in [5.74, 6) is -1.14. The highest BCUT2D eigenvalue weighted by Crippen LogP contribution is 2.25. The minimum atomic E-state index is -3.35. The van der Waals surface area contributed by atoms with Crippen molar-refractivity contribution in [1.82, 2.24) is 24.5 Å². The summed E-state index contributed by atoms with van der Waals surface area (Å²) in [6.45, 7) is 0.506. The molecule has 1 aliphatic heterocycles. The van der Waals surface area contributed by atoms with Crippen LogP contribution in [0, 0.1) is 5.82 Å². The number of nitrogens with zero attached hydrogens (tertiary/aromatic N) is 5. The molecule has 13 heteroatoms.